The van der Waals surface area contributed by atoms with E-state index in [1.54, 1.807) is 36.4 Å². The largest absolute Gasteiger partial charge is 0.428 e. The number of carbonyl (C=O) groups excluding carboxylic acids is 1. The van der Waals surface area contributed by atoms with E-state index in [-0.39, 0.29) is 5.90 Å². The van der Waals surface area contributed by atoms with Gasteiger partial charge in [0.05, 0.1) is 0 Å². The molecule has 0 saturated carbocycles. The molecule has 0 spiro atoms. The molecule has 3 N–H and O–H groups in total. The van der Waals surface area contributed by atoms with Crippen molar-refractivity contribution in [1.29, 1.82) is 10.8 Å². The van der Waals surface area contributed by atoms with Crippen LogP contribution in [0.2, 0.25) is 0 Å². The summed E-state index contributed by atoms with van der Waals surface area (Å²) in [6.07, 6.45) is 0.692. The van der Waals surface area contributed by atoms with Crippen LogP contribution in [0.1, 0.15) is 21.5 Å². The van der Waals surface area contributed by atoms with Gasteiger partial charge in [-0.3, -0.25) is 15.6 Å². The molecule has 0 aliphatic rings. The molecule has 0 aromatic heterocycles. The zero-order chi connectivity index (χ0) is 21.0. The lowest BCUT2D eigenvalue weighted by Crippen LogP contribution is -2.15. The lowest BCUT2D eigenvalue weighted by atomic mass is 9.98. The third-order valence-corrected chi connectivity index (χ3v) is 4.32. The molecule has 0 fully saturated rings. The number of halogens is 2. The van der Waals surface area contributed by atoms with E-state index in [1.165, 1.54) is 6.07 Å². The van der Waals surface area contributed by atoms with Crippen LogP contribution in [-0.2, 0) is 4.74 Å². The first kappa shape index (κ1) is 19.9. The average molecular weight is 393 g/mol. The standard InChI is InChI=1S/C22H17F2N3O2/c1-13-5-6-15(21(26)29-12-25)11-17(13)14-7-9-16(10-8-14)27-22(28)20-18(23)3-2-4-19(20)24/h2-12,25-26H,1H3,(H,27,28). The summed E-state index contributed by atoms with van der Waals surface area (Å²) in [6, 6.07) is 15.3. The van der Waals surface area contributed by atoms with Gasteiger partial charge in [-0.05, 0) is 60.0 Å². The normalized spacial score (nSPS) is 10.3. The van der Waals surface area contributed by atoms with Gasteiger partial charge in [0, 0.05) is 11.3 Å². The van der Waals surface area contributed by atoms with Crippen molar-refractivity contribution in [1.82, 2.24) is 0 Å². The zero-order valence-electron chi connectivity index (χ0n) is 15.4. The molecule has 0 aliphatic heterocycles. The Kier molecular flexibility index (Phi) is 5.78. The van der Waals surface area contributed by atoms with Crippen LogP contribution in [0.4, 0.5) is 14.5 Å². The lowest BCUT2D eigenvalue weighted by molar-refractivity contribution is 0.101. The second kappa shape index (κ2) is 8.43. The number of hydrogen-bond donors (Lipinski definition) is 3. The summed E-state index contributed by atoms with van der Waals surface area (Å²) in [5, 5.41) is 17.2. The number of benzene rings is 3. The molecule has 3 rings (SSSR count). The van der Waals surface area contributed by atoms with Gasteiger partial charge in [0.1, 0.15) is 17.2 Å². The number of anilines is 1. The number of hydrogen-bond acceptors (Lipinski definition) is 4. The van der Waals surface area contributed by atoms with E-state index in [4.69, 9.17) is 15.6 Å². The Morgan fingerprint density at radius 1 is 1.03 bits per heavy atom. The summed E-state index contributed by atoms with van der Waals surface area (Å²) in [4.78, 5) is 12.2. The Labute approximate surface area is 166 Å². The van der Waals surface area contributed by atoms with Crippen LogP contribution in [0.3, 0.4) is 0 Å². The van der Waals surface area contributed by atoms with Crippen molar-refractivity contribution >= 4 is 23.9 Å². The maximum Gasteiger partial charge on any atom is 0.261 e. The van der Waals surface area contributed by atoms with Crippen molar-refractivity contribution in [2.75, 3.05) is 5.32 Å². The third kappa shape index (κ3) is 4.35. The highest BCUT2D eigenvalue weighted by molar-refractivity contribution is 6.04. The van der Waals surface area contributed by atoms with Crippen LogP contribution in [0.15, 0.2) is 60.7 Å². The first-order valence-electron chi connectivity index (χ1n) is 8.61. The second-order valence-electron chi connectivity index (χ2n) is 6.22. The molecule has 3 aromatic carbocycles. The predicted molar refractivity (Wildman–Crippen MR) is 108 cm³/mol. The molecule has 0 heterocycles. The van der Waals surface area contributed by atoms with Crippen LogP contribution in [0.5, 0.6) is 0 Å². The highest BCUT2D eigenvalue weighted by Gasteiger charge is 2.17. The van der Waals surface area contributed by atoms with Crippen molar-refractivity contribution < 1.29 is 18.3 Å². The molecule has 0 radical (unpaired) electrons. The fourth-order valence-electron chi connectivity index (χ4n) is 2.84. The van der Waals surface area contributed by atoms with E-state index < -0.39 is 23.1 Å². The number of amides is 1. The number of aryl methyl sites for hydroxylation is 1. The highest BCUT2D eigenvalue weighted by Crippen LogP contribution is 2.26. The molecule has 1 amide bonds. The van der Waals surface area contributed by atoms with E-state index in [1.807, 2.05) is 13.0 Å². The van der Waals surface area contributed by atoms with Crippen LogP contribution < -0.4 is 5.32 Å². The fraction of sp³-hybridized carbons (Fsp3) is 0.0455. The number of carbonyl (C=O) groups is 1. The second-order valence-corrected chi connectivity index (χ2v) is 6.22. The van der Waals surface area contributed by atoms with Crippen LogP contribution in [-0.4, -0.2) is 18.2 Å². The van der Waals surface area contributed by atoms with Gasteiger partial charge < -0.3 is 10.1 Å². The van der Waals surface area contributed by atoms with Crippen molar-refractivity contribution in [3.05, 3.63) is 89.0 Å². The number of nitrogens with one attached hydrogen (secondary N) is 3. The Balaban J connectivity index is 1.84. The summed E-state index contributed by atoms with van der Waals surface area (Å²) in [5.41, 5.74) is 2.89. The van der Waals surface area contributed by atoms with E-state index in [0.717, 1.165) is 28.8 Å². The minimum Gasteiger partial charge on any atom is -0.428 e. The molecule has 0 bridgehead atoms. The van der Waals surface area contributed by atoms with Gasteiger partial charge in [0.25, 0.3) is 5.91 Å². The van der Waals surface area contributed by atoms with Gasteiger partial charge in [0.2, 0.25) is 5.90 Å². The topological polar surface area (TPSA) is 86.0 Å². The van der Waals surface area contributed by atoms with Crippen LogP contribution >= 0.6 is 0 Å². The molecule has 0 atom stereocenters. The first-order valence-corrected chi connectivity index (χ1v) is 8.61. The molecular weight excluding hydrogens is 376 g/mol. The number of ether oxygens (including phenoxy) is 1. The summed E-state index contributed by atoms with van der Waals surface area (Å²) >= 11 is 0. The van der Waals surface area contributed by atoms with Gasteiger partial charge >= 0.3 is 0 Å². The van der Waals surface area contributed by atoms with E-state index in [2.05, 4.69) is 5.32 Å². The molecule has 3 aromatic rings. The molecular formula is C22H17F2N3O2. The van der Waals surface area contributed by atoms with Gasteiger partial charge in [0.15, 0.2) is 6.40 Å². The fourth-order valence-corrected chi connectivity index (χ4v) is 2.84. The van der Waals surface area contributed by atoms with Gasteiger partial charge in [-0.1, -0.05) is 24.3 Å². The lowest BCUT2D eigenvalue weighted by Gasteiger charge is -2.11. The summed E-state index contributed by atoms with van der Waals surface area (Å²) in [6.45, 7) is 1.91. The van der Waals surface area contributed by atoms with Gasteiger partial charge in [-0.15, -0.1) is 0 Å². The molecule has 0 aliphatic carbocycles. The third-order valence-electron chi connectivity index (χ3n) is 4.32. The quantitative estimate of drug-likeness (QED) is 0.414. The Bertz CT molecular complexity index is 1080. The zero-order valence-corrected chi connectivity index (χ0v) is 15.4. The Morgan fingerprint density at radius 3 is 2.31 bits per heavy atom. The van der Waals surface area contributed by atoms with Crippen LogP contribution in [0, 0.1) is 29.4 Å². The number of rotatable bonds is 5. The summed E-state index contributed by atoms with van der Waals surface area (Å²) < 4.78 is 32.3. The smallest absolute Gasteiger partial charge is 0.261 e. The predicted octanol–water partition coefficient (Wildman–Crippen LogP) is 5.14. The van der Waals surface area contributed by atoms with Crippen LogP contribution in [0.25, 0.3) is 11.1 Å². The minimum atomic E-state index is -0.929. The van der Waals surface area contributed by atoms with E-state index in [9.17, 15) is 13.6 Å². The summed E-state index contributed by atoms with van der Waals surface area (Å²) in [5.74, 6) is -2.87. The Hall–Kier alpha value is -3.87. The average Bonchev–Trinajstić information content (AvgIpc) is 2.69. The molecule has 0 saturated heterocycles. The first-order chi connectivity index (χ1) is 13.9. The molecule has 29 heavy (non-hydrogen) atoms. The van der Waals surface area contributed by atoms with Crippen molar-refractivity contribution in [3.63, 3.8) is 0 Å². The van der Waals surface area contributed by atoms with Crippen molar-refractivity contribution in [2.24, 2.45) is 0 Å². The monoisotopic (exact) mass is 393 g/mol. The maximum atomic E-state index is 13.7. The minimum absolute atomic E-state index is 0.142. The van der Waals surface area contributed by atoms with E-state index in [0.29, 0.717) is 17.7 Å². The molecule has 7 heteroatoms. The molecule has 0 unspecified atom stereocenters. The molecule has 5 nitrogen and oxygen atoms in total. The Morgan fingerprint density at radius 2 is 1.69 bits per heavy atom. The van der Waals surface area contributed by atoms with Crippen molar-refractivity contribution in [3.8, 4) is 11.1 Å². The highest BCUT2D eigenvalue weighted by atomic mass is 19.1. The maximum absolute atomic E-state index is 13.7. The molecule has 146 valence electrons. The summed E-state index contributed by atoms with van der Waals surface area (Å²) in [7, 11) is 0. The van der Waals surface area contributed by atoms with Gasteiger partial charge in [-0.25, -0.2) is 8.78 Å². The van der Waals surface area contributed by atoms with Gasteiger partial charge in [-0.2, -0.15) is 0 Å². The van der Waals surface area contributed by atoms with E-state index >= 15 is 0 Å². The van der Waals surface area contributed by atoms with Crippen molar-refractivity contribution in [2.45, 2.75) is 6.92 Å². The SMILES string of the molecule is Cc1ccc(C(=N)OC=N)cc1-c1ccc(NC(=O)c2c(F)cccc2F)cc1.